The average Bonchev–Trinajstić information content (AvgIpc) is 3.35. The van der Waals surface area contributed by atoms with Gasteiger partial charge in [-0.3, -0.25) is 9.59 Å². The minimum Gasteiger partial charge on any atom is -0.493 e. The molecule has 8 heteroatoms. The van der Waals surface area contributed by atoms with Crippen LogP contribution in [0.25, 0.3) is 10.9 Å². The van der Waals surface area contributed by atoms with Gasteiger partial charge in [-0.15, -0.1) is 0 Å². The molecular weight excluding hydrogens is 521 g/mol. The van der Waals surface area contributed by atoms with E-state index in [2.05, 4.69) is 11.1 Å². The molecule has 2 amide bonds. The van der Waals surface area contributed by atoms with Crippen LogP contribution in [0, 0.1) is 5.82 Å². The molecule has 2 aliphatic heterocycles. The minimum absolute atomic E-state index is 0.00815. The summed E-state index contributed by atoms with van der Waals surface area (Å²) in [6.45, 7) is 6.43. The van der Waals surface area contributed by atoms with E-state index < -0.39 is 5.54 Å². The summed E-state index contributed by atoms with van der Waals surface area (Å²) in [6, 6.07) is 20.3. The predicted molar refractivity (Wildman–Crippen MR) is 155 cm³/mol. The van der Waals surface area contributed by atoms with Crippen LogP contribution in [0.4, 0.5) is 4.39 Å². The van der Waals surface area contributed by atoms with Crippen LogP contribution < -0.4 is 9.47 Å². The van der Waals surface area contributed by atoms with Gasteiger partial charge in [-0.25, -0.2) is 4.39 Å². The van der Waals surface area contributed by atoms with Gasteiger partial charge in [0.25, 0.3) is 5.91 Å². The Hall–Kier alpha value is -4.33. The molecule has 0 saturated carbocycles. The number of amides is 2. The Morgan fingerprint density at radius 1 is 1.05 bits per heavy atom. The van der Waals surface area contributed by atoms with E-state index in [4.69, 9.17) is 9.47 Å². The summed E-state index contributed by atoms with van der Waals surface area (Å²) >= 11 is 0. The van der Waals surface area contributed by atoms with Crippen LogP contribution in [0.5, 0.6) is 11.5 Å². The number of ether oxygens (including phenoxy) is 2. The van der Waals surface area contributed by atoms with Crippen LogP contribution in [-0.2, 0) is 21.5 Å². The summed E-state index contributed by atoms with van der Waals surface area (Å²) in [6.07, 6.45) is 0.450. The molecule has 1 aromatic heterocycles. The van der Waals surface area contributed by atoms with Crippen LogP contribution in [0.15, 0.2) is 66.7 Å². The molecule has 4 aromatic rings. The van der Waals surface area contributed by atoms with Crippen molar-refractivity contribution in [3.8, 4) is 11.5 Å². The summed E-state index contributed by atoms with van der Waals surface area (Å²) < 4.78 is 25.4. The lowest BCUT2D eigenvalue weighted by molar-refractivity contribution is -0.166. The fourth-order valence-electron chi connectivity index (χ4n) is 6.36. The molecule has 1 saturated heterocycles. The van der Waals surface area contributed by atoms with E-state index in [1.165, 1.54) is 12.1 Å². The monoisotopic (exact) mass is 555 g/mol. The highest BCUT2D eigenvalue weighted by molar-refractivity contribution is 6.01. The first kappa shape index (κ1) is 26.9. The van der Waals surface area contributed by atoms with Gasteiger partial charge < -0.3 is 24.3 Å². The zero-order valence-corrected chi connectivity index (χ0v) is 23.7. The number of benzene rings is 3. The minimum atomic E-state index is -1.20. The molecule has 7 nitrogen and oxygen atoms in total. The zero-order chi connectivity index (χ0) is 28.9. The lowest BCUT2D eigenvalue weighted by Gasteiger charge is -2.51. The molecule has 0 spiro atoms. The van der Waals surface area contributed by atoms with Crippen molar-refractivity contribution in [2.24, 2.45) is 0 Å². The second kappa shape index (κ2) is 10.3. The van der Waals surface area contributed by atoms with E-state index in [1.54, 1.807) is 23.0 Å². The highest BCUT2D eigenvalue weighted by Crippen LogP contribution is 2.49. The molecule has 212 valence electrons. The van der Waals surface area contributed by atoms with Gasteiger partial charge in [-0.05, 0) is 74.2 Å². The molecule has 0 bridgehead atoms. The topological polar surface area (TPSA) is 74.9 Å². The van der Waals surface area contributed by atoms with E-state index >= 15 is 0 Å². The maximum absolute atomic E-state index is 14.2. The fraction of sp³-hybridized carbons (Fsp3) is 0.333. The summed E-state index contributed by atoms with van der Waals surface area (Å²) in [5.74, 6) is 0.514. The number of aromatic amines is 1. The molecule has 0 radical (unpaired) electrons. The van der Waals surface area contributed by atoms with E-state index in [-0.39, 0.29) is 36.2 Å². The highest BCUT2D eigenvalue weighted by atomic mass is 19.1. The molecule has 41 heavy (non-hydrogen) atoms. The number of halogens is 1. The van der Waals surface area contributed by atoms with Crippen molar-refractivity contribution in [3.63, 3.8) is 0 Å². The average molecular weight is 556 g/mol. The lowest BCUT2D eigenvalue weighted by Crippen LogP contribution is -2.67. The second-order valence-electron chi connectivity index (χ2n) is 11.3. The van der Waals surface area contributed by atoms with Crippen molar-refractivity contribution in [1.82, 2.24) is 14.8 Å². The summed E-state index contributed by atoms with van der Waals surface area (Å²) in [4.78, 5) is 34.9. The third kappa shape index (κ3) is 4.51. The molecule has 0 unspecified atom stereocenters. The van der Waals surface area contributed by atoms with E-state index in [9.17, 15) is 14.0 Å². The van der Waals surface area contributed by atoms with Crippen molar-refractivity contribution in [2.75, 3.05) is 26.7 Å². The number of hydrogen-bond donors (Lipinski definition) is 1. The fourth-order valence-corrected chi connectivity index (χ4v) is 6.36. The van der Waals surface area contributed by atoms with Gasteiger partial charge in [0, 0.05) is 29.9 Å². The van der Waals surface area contributed by atoms with Gasteiger partial charge in [-0.2, -0.15) is 0 Å². The molecule has 1 N–H and O–H groups in total. The van der Waals surface area contributed by atoms with Gasteiger partial charge >= 0.3 is 0 Å². The number of fused-ring (bicyclic) bond motifs is 5. The summed E-state index contributed by atoms with van der Waals surface area (Å²) in [7, 11) is 1.62. The Morgan fingerprint density at radius 2 is 1.85 bits per heavy atom. The van der Waals surface area contributed by atoms with E-state index in [0.717, 1.165) is 33.3 Å². The van der Waals surface area contributed by atoms with Crippen LogP contribution in [0.1, 0.15) is 49.1 Å². The molecule has 3 heterocycles. The van der Waals surface area contributed by atoms with Crippen molar-refractivity contribution >= 4 is 22.7 Å². The van der Waals surface area contributed by atoms with Gasteiger partial charge in [0.1, 0.15) is 5.82 Å². The number of nitrogens with one attached hydrogen (secondary N) is 1. The number of methoxy groups -OCH3 is 1. The van der Waals surface area contributed by atoms with Gasteiger partial charge in [0.2, 0.25) is 5.91 Å². The smallest absolute Gasteiger partial charge is 0.254 e. The maximum Gasteiger partial charge on any atom is 0.254 e. The second-order valence-corrected chi connectivity index (χ2v) is 11.3. The Morgan fingerprint density at radius 3 is 2.61 bits per heavy atom. The number of aromatic nitrogens is 1. The number of para-hydroxylation sites is 1. The first-order valence-electron chi connectivity index (χ1n) is 14.0. The van der Waals surface area contributed by atoms with Gasteiger partial charge in [0.15, 0.2) is 17.0 Å². The largest absolute Gasteiger partial charge is 0.493 e. The number of rotatable bonds is 7. The van der Waals surface area contributed by atoms with Crippen LogP contribution in [-0.4, -0.2) is 59.4 Å². The molecule has 2 aliphatic rings. The summed E-state index contributed by atoms with van der Waals surface area (Å²) in [5.41, 5.74) is 3.20. The first-order chi connectivity index (χ1) is 19.7. The SMILES string of the molecule is COc1cc([C@H]2CN3C(=O)CN(CCc4cccc(F)c4)C(=O)[C@]3(C)c3[nH]c4ccccc4c32)ccc1OC(C)C. The Bertz CT molecular complexity index is 1650. The third-order valence-corrected chi connectivity index (χ3v) is 8.33. The zero-order valence-electron chi connectivity index (χ0n) is 23.7. The van der Waals surface area contributed by atoms with Gasteiger partial charge in [-0.1, -0.05) is 36.4 Å². The quantitative estimate of drug-likeness (QED) is 0.333. The predicted octanol–water partition coefficient (Wildman–Crippen LogP) is 5.38. The molecule has 0 aliphatic carbocycles. The van der Waals surface area contributed by atoms with Crippen molar-refractivity contribution in [2.45, 2.75) is 44.8 Å². The molecule has 3 aromatic carbocycles. The van der Waals surface area contributed by atoms with Gasteiger partial charge in [0.05, 0.1) is 25.5 Å². The molecule has 6 rings (SSSR count). The van der Waals surface area contributed by atoms with Crippen LogP contribution >= 0.6 is 0 Å². The number of nitrogens with zero attached hydrogens (tertiary/aromatic N) is 2. The number of carbonyl (C=O) groups excluding carboxylic acids is 2. The normalized spacial score (nSPS) is 20.4. The number of carbonyl (C=O) groups is 2. The van der Waals surface area contributed by atoms with Crippen molar-refractivity contribution < 1.29 is 23.5 Å². The Balaban J connectivity index is 1.43. The number of hydrogen-bond acceptors (Lipinski definition) is 4. The molecule has 2 atom stereocenters. The number of piperazine rings is 1. The highest BCUT2D eigenvalue weighted by Gasteiger charge is 2.56. The summed E-state index contributed by atoms with van der Waals surface area (Å²) in [5, 5.41) is 1.02. The molecular formula is C33H34FN3O4. The lowest BCUT2D eigenvalue weighted by atomic mass is 9.76. The first-order valence-corrected chi connectivity index (χ1v) is 14.0. The van der Waals surface area contributed by atoms with Crippen LogP contribution in [0.2, 0.25) is 0 Å². The Labute approximate surface area is 238 Å². The maximum atomic E-state index is 14.2. The Kier molecular flexibility index (Phi) is 6.72. The number of H-pyrrole nitrogens is 1. The molecule has 1 fully saturated rings. The standard InChI is InChI=1S/C33H34FN3O4/c1-20(2)41-27-13-12-22(17-28(27)40-4)25-18-37-29(38)19-36(15-14-21-8-7-9-23(34)16-21)32(39)33(37,3)31-30(25)24-10-5-6-11-26(24)35-31/h5-13,16-17,20,25,35H,14-15,18-19H2,1-4H3/t25-,33+/m1/s1. The van der Waals surface area contributed by atoms with Crippen LogP contribution in [0.3, 0.4) is 0 Å². The van der Waals surface area contributed by atoms with Crippen molar-refractivity contribution in [3.05, 3.63) is 94.9 Å². The van der Waals surface area contributed by atoms with E-state index in [1.807, 2.05) is 63.2 Å². The third-order valence-electron chi connectivity index (χ3n) is 8.33. The van der Waals surface area contributed by atoms with Crippen molar-refractivity contribution in [1.29, 1.82) is 0 Å². The van der Waals surface area contributed by atoms with E-state index in [0.29, 0.717) is 31.0 Å².